The van der Waals surface area contributed by atoms with E-state index in [1.807, 2.05) is 4.90 Å². The molecular formula is C11H17N3O2. The summed E-state index contributed by atoms with van der Waals surface area (Å²) in [5, 5.41) is 9.81. The van der Waals surface area contributed by atoms with Gasteiger partial charge in [0.1, 0.15) is 0 Å². The molecule has 2 rings (SSSR count). The molecule has 0 radical (unpaired) electrons. The molecule has 1 saturated heterocycles. The summed E-state index contributed by atoms with van der Waals surface area (Å²) in [5.74, 6) is 1.53. The van der Waals surface area contributed by atoms with E-state index in [2.05, 4.69) is 16.9 Å². The average Bonchev–Trinajstić information content (AvgIpc) is 2.33. The number of ether oxygens (including phenoxy) is 1. The fourth-order valence-corrected chi connectivity index (χ4v) is 1.83. The molecule has 1 aromatic rings. The van der Waals surface area contributed by atoms with E-state index in [1.165, 1.54) is 0 Å². The number of nitrogens with zero attached hydrogens (tertiary/aromatic N) is 3. The molecule has 2 unspecified atom stereocenters. The van der Waals surface area contributed by atoms with Crippen molar-refractivity contribution < 1.29 is 9.84 Å². The summed E-state index contributed by atoms with van der Waals surface area (Å²) in [6.45, 7) is 3.54. The molecule has 0 saturated carbocycles. The van der Waals surface area contributed by atoms with Crippen molar-refractivity contribution in [3.63, 3.8) is 0 Å². The van der Waals surface area contributed by atoms with E-state index < -0.39 is 0 Å². The van der Waals surface area contributed by atoms with Gasteiger partial charge in [-0.1, -0.05) is 6.92 Å². The van der Waals surface area contributed by atoms with Crippen molar-refractivity contribution in [3.05, 3.63) is 12.3 Å². The molecule has 1 aromatic heterocycles. The van der Waals surface area contributed by atoms with Crippen LogP contribution in [0.5, 0.6) is 5.88 Å². The highest BCUT2D eigenvalue weighted by Crippen LogP contribution is 2.21. The molecule has 1 fully saturated rings. The van der Waals surface area contributed by atoms with E-state index in [9.17, 15) is 5.11 Å². The predicted octanol–water partition coefficient (Wildman–Crippen LogP) is 0.692. The van der Waals surface area contributed by atoms with Crippen molar-refractivity contribution in [3.8, 4) is 5.88 Å². The summed E-state index contributed by atoms with van der Waals surface area (Å²) >= 11 is 0. The smallest absolute Gasteiger partial charge is 0.228 e. The van der Waals surface area contributed by atoms with Gasteiger partial charge in [0, 0.05) is 25.4 Å². The molecule has 2 atom stereocenters. The second kappa shape index (κ2) is 4.65. The second-order valence-electron chi connectivity index (χ2n) is 4.18. The first-order valence-electron chi connectivity index (χ1n) is 5.50. The predicted molar refractivity (Wildman–Crippen MR) is 60.6 cm³/mol. The minimum atomic E-state index is -0.302. The highest BCUT2D eigenvalue weighted by Gasteiger charge is 2.25. The summed E-state index contributed by atoms with van der Waals surface area (Å²) < 4.78 is 5.05. The van der Waals surface area contributed by atoms with Crippen LogP contribution in [0.4, 0.5) is 5.95 Å². The zero-order valence-corrected chi connectivity index (χ0v) is 9.63. The number of rotatable bonds is 2. The van der Waals surface area contributed by atoms with E-state index in [4.69, 9.17) is 4.74 Å². The Labute approximate surface area is 95.1 Å². The molecule has 1 aliphatic rings. The molecule has 1 aliphatic heterocycles. The minimum Gasteiger partial charge on any atom is -0.481 e. The Morgan fingerprint density at radius 3 is 3.06 bits per heavy atom. The number of anilines is 1. The molecule has 0 amide bonds. The summed E-state index contributed by atoms with van der Waals surface area (Å²) in [6, 6.07) is 1.71. The van der Waals surface area contributed by atoms with Gasteiger partial charge in [-0.2, -0.15) is 4.98 Å². The molecule has 16 heavy (non-hydrogen) atoms. The van der Waals surface area contributed by atoms with Crippen LogP contribution in [-0.2, 0) is 0 Å². The van der Waals surface area contributed by atoms with Crippen LogP contribution in [0.2, 0.25) is 0 Å². The van der Waals surface area contributed by atoms with Crippen molar-refractivity contribution in [1.29, 1.82) is 0 Å². The topological polar surface area (TPSA) is 58.5 Å². The van der Waals surface area contributed by atoms with Crippen molar-refractivity contribution >= 4 is 5.95 Å². The Kier molecular flexibility index (Phi) is 3.24. The molecule has 2 heterocycles. The average molecular weight is 223 g/mol. The van der Waals surface area contributed by atoms with Crippen molar-refractivity contribution in [1.82, 2.24) is 9.97 Å². The van der Waals surface area contributed by atoms with Crippen LogP contribution >= 0.6 is 0 Å². The van der Waals surface area contributed by atoms with E-state index in [1.54, 1.807) is 19.4 Å². The quantitative estimate of drug-likeness (QED) is 0.799. The summed E-state index contributed by atoms with van der Waals surface area (Å²) in [5.41, 5.74) is 0. The Bertz CT molecular complexity index is 359. The number of hydrogen-bond acceptors (Lipinski definition) is 5. The molecular weight excluding hydrogens is 206 g/mol. The lowest BCUT2D eigenvalue weighted by Crippen LogP contribution is -2.43. The molecule has 5 heteroatoms. The zero-order chi connectivity index (χ0) is 11.5. The van der Waals surface area contributed by atoms with Gasteiger partial charge in [-0.3, -0.25) is 0 Å². The van der Waals surface area contributed by atoms with Crippen LogP contribution in [0.3, 0.4) is 0 Å². The molecule has 5 nitrogen and oxygen atoms in total. The fraction of sp³-hybridized carbons (Fsp3) is 0.636. The molecule has 0 bridgehead atoms. The van der Waals surface area contributed by atoms with Gasteiger partial charge < -0.3 is 14.7 Å². The number of aliphatic hydroxyl groups is 1. The number of piperidine rings is 1. The van der Waals surface area contributed by atoms with E-state index in [-0.39, 0.29) is 6.10 Å². The molecule has 88 valence electrons. The maximum absolute atomic E-state index is 9.81. The van der Waals surface area contributed by atoms with E-state index >= 15 is 0 Å². The lowest BCUT2D eigenvalue weighted by atomic mass is 9.96. The molecule has 1 N–H and O–H groups in total. The molecule has 0 spiro atoms. The maximum atomic E-state index is 9.81. The number of hydrogen-bond donors (Lipinski definition) is 1. The number of methoxy groups -OCH3 is 1. The number of aromatic nitrogens is 2. The third-order valence-electron chi connectivity index (χ3n) is 3.03. The summed E-state index contributed by atoms with van der Waals surface area (Å²) in [7, 11) is 1.58. The summed E-state index contributed by atoms with van der Waals surface area (Å²) in [6.07, 6.45) is 2.33. The van der Waals surface area contributed by atoms with Gasteiger partial charge in [0.25, 0.3) is 0 Å². The second-order valence-corrected chi connectivity index (χ2v) is 4.18. The van der Waals surface area contributed by atoms with Gasteiger partial charge in [0.15, 0.2) is 0 Å². The SMILES string of the molecule is COc1ccnc(N2CCC(C)C(O)C2)n1. The standard InChI is InChI=1S/C11H17N3O2/c1-8-4-6-14(7-9(8)15)11-12-5-3-10(13-11)16-2/h3,5,8-9,15H,4,6-7H2,1-2H3. The lowest BCUT2D eigenvalue weighted by molar-refractivity contribution is 0.102. The van der Waals surface area contributed by atoms with Gasteiger partial charge in [-0.05, 0) is 12.3 Å². The van der Waals surface area contributed by atoms with Crippen molar-refractivity contribution in [2.24, 2.45) is 5.92 Å². The van der Waals surface area contributed by atoms with Crippen LogP contribution in [0, 0.1) is 5.92 Å². The van der Waals surface area contributed by atoms with Gasteiger partial charge in [-0.25, -0.2) is 4.98 Å². The maximum Gasteiger partial charge on any atom is 0.228 e. The van der Waals surface area contributed by atoms with E-state index in [0.717, 1.165) is 13.0 Å². The first kappa shape index (κ1) is 11.1. The number of aliphatic hydroxyl groups excluding tert-OH is 1. The van der Waals surface area contributed by atoms with Gasteiger partial charge in [0.05, 0.1) is 13.2 Å². The van der Waals surface area contributed by atoms with Crippen LogP contribution in [0.1, 0.15) is 13.3 Å². The fourth-order valence-electron chi connectivity index (χ4n) is 1.83. The monoisotopic (exact) mass is 223 g/mol. The Balaban J connectivity index is 2.12. The van der Waals surface area contributed by atoms with Crippen LogP contribution in [-0.4, -0.2) is 41.4 Å². The van der Waals surface area contributed by atoms with Gasteiger partial charge in [-0.15, -0.1) is 0 Å². The van der Waals surface area contributed by atoms with E-state index in [0.29, 0.717) is 24.3 Å². The van der Waals surface area contributed by atoms with Gasteiger partial charge in [0.2, 0.25) is 11.8 Å². The first-order chi connectivity index (χ1) is 7.70. The Morgan fingerprint density at radius 2 is 2.38 bits per heavy atom. The third kappa shape index (κ3) is 2.24. The van der Waals surface area contributed by atoms with Crippen LogP contribution < -0.4 is 9.64 Å². The Hall–Kier alpha value is -1.36. The highest BCUT2D eigenvalue weighted by atomic mass is 16.5. The molecule has 0 aromatic carbocycles. The van der Waals surface area contributed by atoms with Crippen molar-refractivity contribution in [2.75, 3.05) is 25.1 Å². The van der Waals surface area contributed by atoms with Gasteiger partial charge >= 0.3 is 0 Å². The number of β-amino-alcohol motifs (C(OH)–C–C–N with tert-alkyl or cyclic N) is 1. The summed E-state index contributed by atoms with van der Waals surface area (Å²) in [4.78, 5) is 10.4. The Morgan fingerprint density at radius 1 is 1.56 bits per heavy atom. The lowest BCUT2D eigenvalue weighted by Gasteiger charge is -2.34. The molecule has 0 aliphatic carbocycles. The zero-order valence-electron chi connectivity index (χ0n) is 9.63. The van der Waals surface area contributed by atoms with Crippen LogP contribution in [0.15, 0.2) is 12.3 Å². The largest absolute Gasteiger partial charge is 0.481 e. The normalized spacial score (nSPS) is 25.6. The first-order valence-corrected chi connectivity index (χ1v) is 5.50. The van der Waals surface area contributed by atoms with Crippen molar-refractivity contribution in [2.45, 2.75) is 19.4 Å². The van der Waals surface area contributed by atoms with Crippen LogP contribution in [0.25, 0.3) is 0 Å². The third-order valence-corrected chi connectivity index (χ3v) is 3.03. The minimum absolute atomic E-state index is 0.302. The highest BCUT2D eigenvalue weighted by molar-refractivity contribution is 5.32.